The molecule has 2 aromatic heterocycles. The Bertz CT molecular complexity index is 828. The first-order chi connectivity index (χ1) is 10.0. The first kappa shape index (κ1) is 14.2. The molecule has 0 atom stereocenters. The summed E-state index contributed by atoms with van der Waals surface area (Å²) in [6.07, 6.45) is 0. The molecule has 1 N–H and O–H groups in total. The molecule has 1 aromatic carbocycles. The van der Waals surface area contributed by atoms with E-state index in [9.17, 15) is 9.18 Å². The van der Waals surface area contributed by atoms with Crippen LogP contribution in [0.15, 0.2) is 35.0 Å². The fraction of sp³-hybridized carbons (Fsp3) is 0. The predicted molar refractivity (Wildman–Crippen MR) is 82.8 cm³/mol. The van der Waals surface area contributed by atoms with E-state index in [0.29, 0.717) is 16.3 Å². The Balaban J connectivity index is 1.95. The maximum absolute atomic E-state index is 13.5. The number of carboxylic acids is 1. The Kier molecular flexibility index (Phi) is 3.75. The summed E-state index contributed by atoms with van der Waals surface area (Å²) in [5.41, 5.74) is 1.56. The molecule has 0 aliphatic carbocycles. The van der Waals surface area contributed by atoms with Gasteiger partial charge in [-0.25, -0.2) is 14.2 Å². The van der Waals surface area contributed by atoms with Crippen LogP contribution >= 0.6 is 34.3 Å². The van der Waals surface area contributed by atoms with E-state index in [1.807, 2.05) is 5.38 Å². The van der Waals surface area contributed by atoms with Crippen molar-refractivity contribution in [3.05, 3.63) is 51.4 Å². The maximum atomic E-state index is 13.5. The maximum Gasteiger partial charge on any atom is 0.336 e. The first-order valence-corrected chi connectivity index (χ1v) is 7.91. The molecule has 0 unspecified atom stereocenters. The number of carbonyl (C=O) groups is 1. The van der Waals surface area contributed by atoms with Crippen molar-refractivity contribution in [3.8, 4) is 21.1 Å². The molecular formula is C14H7ClFNO2S2. The summed E-state index contributed by atoms with van der Waals surface area (Å²) in [7, 11) is 0. The highest BCUT2D eigenvalue weighted by Crippen LogP contribution is 2.33. The molecule has 0 radical (unpaired) electrons. The van der Waals surface area contributed by atoms with Gasteiger partial charge in [0, 0.05) is 16.3 Å². The Labute approximate surface area is 132 Å². The number of benzene rings is 1. The van der Waals surface area contributed by atoms with Gasteiger partial charge in [0.05, 0.1) is 21.2 Å². The number of thiazole rings is 1. The molecule has 0 amide bonds. The lowest BCUT2D eigenvalue weighted by molar-refractivity contribution is 0.0697. The van der Waals surface area contributed by atoms with E-state index >= 15 is 0 Å². The molecule has 0 saturated carbocycles. The Morgan fingerprint density at radius 1 is 1.24 bits per heavy atom. The van der Waals surface area contributed by atoms with E-state index in [2.05, 4.69) is 4.98 Å². The number of halogens is 2. The number of aromatic nitrogens is 1. The zero-order valence-corrected chi connectivity index (χ0v) is 12.7. The van der Waals surface area contributed by atoms with Crippen LogP contribution in [0.2, 0.25) is 5.02 Å². The molecule has 21 heavy (non-hydrogen) atoms. The van der Waals surface area contributed by atoms with Crippen LogP contribution in [-0.4, -0.2) is 16.1 Å². The molecular weight excluding hydrogens is 333 g/mol. The van der Waals surface area contributed by atoms with Gasteiger partial charge in [-0.1, -0.05) is 17.7 Å². The molecule has 0 fully saturated rings. The largest absolute Gasteiger partial charge is 0.478 e. The second-order valence-corrected chi connectivity index (χ2v) is 6.35. The number of hydrogen-bond acceptors (Lipinski definition) is 4. The average Bonchev–Trinajstić information content (AvgIpc) is 3.09. The lowest BCUT2D eigenvalue weighted by Gasteiger charge is -1.98. The van der Waals surface area contributed by atoms with Gasteiger partial charge in [0.2, 0.25) is 0 Å². The topological polar surface area (TPSA) is 50.2 Å². The zero-order chi connectivity index (χ0) is 15.0. The number of rotatable bonds is 3. The number of thiophene rings is 1. The number of carboxylic acid groups (broad SMARTS) is 1. The smallest absolute Gasteiger partial charge is 0.336 e. The Morgan fingerprint density at radius 2 is 2.05 bits per heavy atom. The highest BCUT2D eigenvalue weighted by molar-refractivity contribution is 7.15. The first-order valence-electron chi connectivity index (χ1n) is 5.78. The van der Waals surface area contributed by atoms with Crippen LogP contribution in [0.3, 0.4) is 0 Å². The van der Waals surface area contributed by atoms with Crippen LogP contribution in [0.4, 0.5) is 4.39 Å². The van der Waals surface area contributed by atoms with Gasteiger partial charge in [-0.05, 0) is 18.2 Å². The van der Waals surface area contributed by atoms with Crippen molar-refractivity contribution in [1.82, 2.24) is 4.98 Å². The fourth-order valence-corrected chi connectivity index (χ4v) is 3.58. The van der Waals surface area contributed by atoms with Crippen LogP contribution in [0.5, 0.6) is 0 Å². The minimum atomic E-state index is -0.965. The van der Waals surface area contributed by atoms with Crippen molar-refractivity contribution in [2.45, 2.75) is 0 Å². The molecule has 0 aliphatic heterocycles. The minimum absolute atomic E-state index is 0.0693. The lowest BCUT2D eigenvalue weighted by Crippen LogP contribution is -1.91. The summed E-state index contributed by atoms with van der Waals surface area (Å²) in [5.74, 6) is -1.46. The molecule has 0 spiro atoms. The van der Waals surface area contributed by atoms with Gasteiger partial charge in [0.25, 0.3) is 0 Å². The van der Waals surface area contributed by atoms with Gasteiger partial charge in [-0.15, -0.1) is 22.7 Å². The average molecular weight is 340 g/mol. The summed E-state index contributed by atoms with van der Waals surface area (Å²) in [6.45, 7) is 0. The predicted octanol–water partition coefficient (Wildman–Crippen LogP) is 5.03. The van der Waals surface area contributed by atoms with Crippen molar-refractivity contribution >= 4 is 40.2 Å². The molecule has 0 saturated heterocycles. The van der Waals surface area contributed by atoms with E-state index in [0.717, 1.165) is 4.88 Å². The Hall–Kier alpha value is -1.76. The van der Waals surface area contributed by atoms with Crippen LogP contribution < -0.4 is 0 Å². The van der Waals surface area contributed by atoms with Crippen molar-refractivity contribution < 1.29 is 14.3 Å². The van der Waals surface area contributed by atoms with E-state index in [-0.39, 0.29) is 10.6 Å². The van der Waals surface area contributed by atoms with Crippen molar-refractivity contribution in [3.63, 3.8) is 0 Å². The molecule has 3 nitrogen and oxygen atoms in total. The van der Waals surface area contributed by atoms with Gasteiger partial charge in [0.1, 0.15) is 10.8 Å². The molecule has 0 aliphatic rings. The number of nitrogens with zero attached hydrogens (tertiary/aromatic N) is 1. The molecule has 0 bridgehead atoms. The highest BCUT2D eigenvalue weighted by Gasteiger charge is 2.12. The van der Waals surface area contributed by atoms with Crippen molar-refractivity contribution in [2.24, 2.45) is 0 Å². The Morgan fingerprint density at radius 3 is 2.71 bits per heavy atom. The summed E-state index contributed by atoms with van der Waals surface area (Å²) in [5, 5.41) is 13.0. The number of hydrogen-bond donors (Lipinski definition) is 1. The van der Waals surface area contributed by atoms with Gasteiger partial charge < -0.3 is 5.11 Å². The van der Waals surface area contributed by atoms with Crippen molar-refractivity contribution in [1.29, 1.82) is 0 Å². The van der Waals surface area contributed by atoms with E-state index < -0.39 is 11.8 Å². The van der Waals surface area contributed by atoms with E-state index in [1.165, 1.54) is 34.8 Å². The van der Waals surface area contributed by atoms with Gasteiger partial charge in [-0.3, -0.25) is 0 Å². The molecule has 106 valence electrons. The number of aromatic carboxylic acids is 1. The third kappa shape index (κ3) is 2.83. The third-order valence-electron chi connectivity index (χ3n) is 2.77. The molecule has 3 rings (SSSR count). The van der Waals surface area contributed by atoms with Gasteiger partial charge >= 0.3 is 5.97 Å². The lowest BCUT2D eigenvalue weighted by atomic mass is 10.2. The standard InChI is InChI=1S/C14H7ClFNO2S2/c15-9-2-1-7(3-10(9)16)13-17-11(6-21-13)12-4-8(5-20-12)14(18)19/h1-6H,(H,18,19). The summed E-state index contributed by atoms with van der Waals surface area (Å²) < 4.78 is 13.5. The van der Waals surface area contributed by atoms with Crippen LogP contribution in [0.25, 0.3) is 21.1 Å². The van der Waals surface area contributed by atoms with Crippen LogP contribution in [-0.2, 0) is 0 Å². The van der Waals surface area contributed by atoms with Crippen LogP contribution in [0, 0.1) is 5.82 Å². The summed E-state index contributed by atoms with van der Waals surface area (Å²) in [6, 6.07) is 6.10. The van der Waals surface area contributed by atoms with Crippen molar-refractivity contribution in [2.75, 3.05) is 0 Å². The molecule has 2 heterocycles. The summed E-state index contributed by atoms with van der Waals surface area (Å²) in [4.78, 5) is 16.1. The van der Waals surface area contributed by atoms with E-state index in [4.69, 9.17) is 16.7 Å². The normalized spacial score (nSPS) is 10.8. The highest BCUT2D eigenvalue weighted by atomic mass is 35.5. The fourth-order valence-electron chi connectivity index (χ4n) is 1.73. The SMILES string of the molecule is O=C(O)c1csc(-c2csc(-c3ccc(Cl)c(F)c3)n2)c1. The quantitative estimate of drug-likeness (QED) is 0.728. The van der Waals surface area contributed by atoms with E-state index in [1.54, 1.807) is 17.5 Å². The van der Waals surface area contributed by atoms with Gasteiger partial charge in [0.15, 0.2) is 0 Å². The summed E-state index contributed by atoms with van der Waals surface area (Å²) >= 11 is 8.34. The van der Waals surface area contributed by atoms with Gasteiger partial charge in [-0.2, -0.15) is 0 Å². The second kappa shape index (κ2) is 5.55. The zero-order valence-electron chi connectivity index (χ0n) is 10.3. The minimum Gasteiger partial charge on any atom is -0.478 e. The second-order valence-electron chi connectivity index (χ2n) is 4.17. The third-order valence-corrected chi connectivity index (χ3v) is 4.92. The molecule has 3 aromatic rings. The van der Waals surface area contributed by atoms with Crippen LogP contribution in [0.1, 0.15) is 10.4 Å². The molecule has 7 heteroatoms. The monoisotopic (exact) mass is 339 g/mol.